The predicted molar refractivity (Wildman–Crippen MR) is 78.7 cm³/mol. The molecular weight excluding hydrogens is 266 g/mol. The number of hydrogen-bond donors (Lipinski definition) is 1. The van der Waals surface area contributed by atoms with Crippen LogP contribution in [0.25, 0.3) is 11.5 Å². The predicted octanol–water partition coefficient (Wildman–Crippen LogP) is 1.42. The smallest absolute Gasteiger partial charge is 0.160 e. The minimum absolute atomic E-state index is 0.319. The van der Waals surface area contributed by atoms with Crippen molar-refractivity contribution in [3.8, 4) is 11.5 Å². The highest BCUT2D eigenvalue weighted by molar-refractivity contribution is 5.50. The van der Waals surface area contributed by atoms with Gasteiger partial charge < -0.3 is 14.6 Å². The molecule has 0 saturated carbocycles. The Morgan fingerprint density at radius 2 is 2.38 bits per heavy atom. The van der Waals surface area contributed by atoms with Gasteiger partial charge in [-0.05, 0) is 31.9 Å². The fraction of sp³-hybridized carbons (Fsp3) is 0.600. The normalized spacial score (nSPS) is 22.2. The summed E-state index contributed by atoms with van der Waals surface area (Å²) in [4.78, 5) is 4.51. The lowest BCUT2D eigenvalue weighted by Crippen LogP contribution is -2.15. The molecule has 21 heavy (non-hydrogen) atoms. The highest BCUT2D eigenvalue weighted by Gasteiger charge is 2.20. The molecule has 1 N–H and O–H groups in total. The minimum Gasteiger partial charge on any atom is -0.376 e. The second-order valence-corrected chi connectivity index (χ2v) is 5.81. The van der Waals surface area contributed by atoms with Crippen molar-refractivity contribution in [2.75, 3.05) is 13.2 Å². The van der Waals surface area contributed by atoms with Gasteiger partial charge in [-0.3, -0.25) is 4.68 Å². The van der Waals surface area contributed by atoms with E-state index in [-0.39, 0.29) is 0 Å². The maximum Gasteiger partial charge on any atom is 0.160 e. The van der Waals surface area contributed by atoms with Crippen LogP contribution in [0, 0.1) is 0 Å². The number of imidazole rings is 1. The van der Waals surface area contributed by atoms with Crippen LogP contribution in [0.1, 0.15) is 25.0 Å². The van der Waals surface area contributed by atoms with Crippen LogP contribution in [0.15, 0.2) is 18.5 Å². The lowest BCUT2D eigenvalue weighted by Gasteiger charge is -2.11. The number of fused-ring (bicyclic) bond motifs is 1. The molecule has 6 nitrogen and oxygen atoms in total. The Morgan fingerprint density at radius 1 is 1.38 bits per heavy atom. The average molecular weight is 287 g/mol. The van der Waals surface area contributed by atoms with E-state index in [0.29, 0.717) is 6.10 Å². The molecule has 0 aliphatic carbocycles. The molecule has 2 aromatic rings. The molecule has 0 spiro atoms. The van der Waals surface area contributed by atoms with Gasteiger partial charge in [-0.1, -0.05) is 0 Å². The van der Waals surface area contributed by atoms with Crippen molar-refractivity contribution in [2.45, 2.75) is 45.0 Å². The summed E-state index contributed by atoms with van der Waals surface area (Å²) < 4.78 is 10.0. The third-order valence-corrected chi connectivity index (χ3v) is 4.26. The summed E-state index contributed by atoms with van der Waals surface area (Å²) in [7, 11) is 0. The van der Waals surface area contributed by atoms with Crippen LogP contribution in [0.5, 0.6) is 0 Å². The van der Waals surface area contributed by atoms with Gasteiger partial charge in [-0.15, -0.1) is 0 Å². The fourth-order valence-corrected chi connectivity index (χ4v) is 3.17. The molecule has 4 rings (SSSR count). The number of rotatable bonds is 3. The Kier molecular flexibility index (Phi) is 3.48. The largest absolute Gasteiger partial charge is 0.376 e. The summed E-state index contributed by atoms with van der Waals surface area (Å²) >= 11 is 0. The Labute approximate surface area is 124 Å². The number of hydrogen-bond acceptors (Lipinski definition) is 4. The molecule has 6 heteroatoms. The number of aromatic nitrogens is 4. The monoisotopic (exact) mass is 287 g/mol. The van der Waals surface area contributed by atoms with Crippen molar-refractivity contribution >= 4 is 0 Å². The lowest BCUT2D eigenvalue weighted by molar-refractivity contribution is 0.0973. The maximum absolute atomic E-state index is 5.73. The van der Waals surface area contributed by atoms with Crippen LogP contribution in [0.3, 0.4) is 0 Å². The molecule has 1 fully saturated rings. The third kappa shape index (κ3) is 2.61. The van der Waals surface area contributed by atoms with E-state index in [9.17, 15) is 0 Å². The number of nitrogens with zero attached hydrogens (tertiary/aromatic N) is 4. The second kappa shape index (κ2) is 5.61. The van der Waals surface area contributed by atoms with Gasteiger partial charge in [0.15, 0.2) is 5.82 Å². The molecule has 1 atom stereocenters. The molecule has 0 aromatic carbocycles. The van der Waals surface area contributed by atoms with Gasteiger partial charge >= 0.3 is 0 Å². The van der Waals surface area contributed by atoms with E-state index in [1.165, 1.54) is 12.1 Å². The van der Waals surface area contributed by atoms with E-state index in [1.54, 1.807) is 0 Å². The Balaban J connectivity index is 1.60. The van der Waals surface area contributed by atoms with Gasteiger partial charge in [0.1, 0.15) is 5.69 Å². The first kappa shape index (κ1) is 13.0. The molecule has 1 unspecified atom stereocenters. The third-order valence-electron chi connectivity index (χ3n) is 4.26. The maximum atomic E-state index is 5.73. The van der Waals surface area contributed by atoms with Gasteiger partial charge in [-0.2, -0.15) is 5.10 Å². The van der Waals surface area contributed by atoms with Gasteiger partial charge in [-0.25, -0.2) is 4.98 Å². The topological polar surface area (TPSA) is 56.9 Å². The Bertz CT molecular complexity index is 588. The summed E-state index contributed by atoms with van der Waals surface area (Å²) in [6.45, 7) is 4.69. The highest BCUT2D eigenvalue weighted by Crippen LogP contribution is 2.21. The van der Waals surface area contributed by atoms with Crippen molar-refractivity contribution in [3.63, 3.8) is 0 Å². The summed E-state index contributed by atoms with van der Waals surface area (Å²) in [5, 5.41) is 8.17. The molecule has 0 radical (unpaired) electrons. The van der Waals surface area contributed by atoms with Crippen LogP contribution >= 0.6 is 0 Å². The van der Waals surface area contributed by atoms with E-state index in [0.717, 1.165) is 57.1 Å². The molecule has 4 heterocycles. The molecule has 2 aliphatic rings. The summed E-state index contributed by atoms with van der Waals surface area (Å²) in [5.41, 5.74) is 2.21. The highest BCUT2D eigenvalue weighted by atomic mass is 16.5. The zero-order valence-corrected chi connectivity index (χ0v) is 12.2. The Morgan fingerprint density at radius 3 is 3.29 bits per heavy atom. The van der Waals surface area contributed by atoms with Crippen molar-refractivity contribution in [3.05, 3.63) is 24.2 Å². The quantitative estimate of drug-likeness (QED) is 0.927. The van der Waals surface area contributed by atoms with Crippen LogP contribution < -0.4 is 5.32 Å². The first-order valence-electron chi connectivity index (χ1n) is 7.81. The molecule has 1 saturated heterocycles. The molecule has 2 aromatic heterocycles. The number of nitrogens with one attached hydrogen (secondary N) is 1. The average Bonchev–Trinajstić information content (AvgIpc) is 3.20. The lowest BCUT2D eigenvalue weighted by atomic mass is 10.2. The first-order chi connectivity index (χ1) is 10.4. The molecule has 0 amide bonds. The zero-order valence-electron chi connectivity index (χ0n) is 12.2. The molecular formula is C15H21N5O. The molecule has 2 aliphatic heterocycles. The first-order valence-corrected chi connectivity index (χ1v) is 7.81. The van der Waals surface area contributed by atoms with Crippen LogP contribution in [0.2, 0.25) is 0 Å². The fourth-order valence-electron chi connectivity index (χ4n) is 3.17. The van der Waals surface area contributed by atoms with E-state index in [4.69, 9.17) is 9.84 Å². The zero-order chi connectivity index (χ0) is 14.1. The van der Waals surface area contributed by atoms with E-state index >= 15 is 0 Å². The van der Waals surface area contributed by atoms with Crippen molar-refractivity contribution in [2.24, 2.45) is 0 Å². The van der Waals surface area contributed by atoms with Crippen molar-refractivity contribution in [1.82, 2.24) is 24.6 Å². The van der Waals surface area contributed by atoms with Crippen LogP contribution in [0.4, 0.5) is 0 Å². The van der Waals surface area contributed by atoms with Gasteiger partial charge in [0.2, 0.25) is 0 Å². The van der Waals surface area contributed by atoms with Crippen molar-refractivity contribution < 1.29 is 4.74 Å². The van der Waals surface area contributed by atoms with Gasteiger partial charge in [0, 0.05) is 32.1 Å². The van der Waals surface area contributed by atoms with Gasteiger partial charge in [0.05, 0.1) is 18.3 Å². The van der Waals surface area contributed by atoms with E-state index in [2.05, 4.69) is 25.6 Å². The second-order valence-electron chi connectivity index (χ2n) is 5.81. The van der Waals surface area contributed by atoms with Crippen LogP contribution in [-0.2, 0) is 24.4 Å². The molecule has 0 bridgehead atoms. The SMILES string of the molecule is c1cn(CC2CCCO2)c(-c2cc3n(n2)CCCNC3)n1. The minimum atomic E-state index is 0.319. The van der Waals surface area contributed by atoms with Gasteiger partial charge in [0.25, 0.3) is 0 Å². The van der Waals surface area contributed by atoms with E-state index in [1.807, 2.05) is 12.4 Å². The summed E-state index contributed by atoms with van der Waals surface area (Å²) in [6.07, 6.45) is 7.63. The number of aryl methyl sites for hydroxylation is 1. The van der Waals surface area contributed by atoms with E-state index < -0.39 is 0 Å². The number of ether oxygens (including phenoxy) is 1. The standard InChI is InChI=1S/C15H21N5O/c1-3-13(21-8-1)11-19-7-5-17-15(19)14-9-12-10-16-4-2-6-20(12)18-14/h5,7,9,13,16H,1-4,6,8,10-11H2. The summed E-state index contributed by atoms with van der Waals surface area (Å²) in [6, 6.07) is 2.16. The molecule has 112 valence electrons. The summed E-state index contributed by atoms with van der Waals surface area (Å²) in [5.74, 6) is 0.950. The van der Waals surface area contributed by atoms with Crippen LogP contribution in [-0.4, -0.2) is 38.6 Å². The van der Waals surface area contributed by atoms with Crippen molar-refractivity contribution in [1.29, 1.82) is 0 Å². The Hall–Kier alpha value is -1.66.